The molecule has 0 heterocycles. The van der Waals surface area contributed by atoms with Crippen LogP contribution in [-0.2, 0) is 22.7 Å². The van der Waals surface area contributed by atoms with Crippen LogP contribution >= 0.6 is 11.6 Å². The van der Waals surface area contributed by atoms with Crippen molar-refractivity contribution >= 4 is 23.4 Å². The van der Waals surface area contributed by atoms with Gasteiger partial charge in [-0.2, -0.15) is 13.2 Å². The zero-order valence-electron chi connectivity index (χ0n) is 14.7. The fourth-order valence-corrected chi connectivity index (χ4v) is 2.42. The molecule has 0 aliphatic carbocycles. The predicted octanol–water partition coefficient (Wildman–Crippen LogP) is 3.47. The molecule has 2 N–H and O–H groups in total. The van der Waals surface area contributed by atoms with E-state index in [2.05, 4.69) is 15.4 Å². The van der Waals surface area contributed by atoms with Gasteiger partial charge in [0.2, 0.25) is 5.91 Å². The van der Waals surface area contributed by atoms with Crippen LogP contribution in [0.25, 0.3) is 0 Å². The van der Waals surface area contributed by atoms with E-state index in [-0.39, 0.29) is 25.3 Å². The molecule has 0 aliphatic heterocycles. The molecule has 9 heteroatoms. The van der Waals surface area contributed by atoms with Crippen LogP contribution in [0.3, 0.4) is 0 Å². The summed E-state index contributed by atoms with van der Waals surface area (Å²) in [5, 5.41) is 5.40. The van der Waals surface area contributed by atoms with Gasteiger partial charge >= 0.3 is 6.18 Å². The number of nitrogens with one attached hydrogen (secondary N) is 2. The fraction of sp³-hybridized carbons (Fsp3) is 0.263. The second-order valence-electron chi connectivity index (χ2n) is 5.86. The molecule has 0 unspecified atom stereocenters. The van der Waals surface area contributed by atoms with Gasteiger partial charge in [-0.05, 0) is 23.3 Å². The van der Waals surface area contributed by atoms with Crippen LogP contribution in [0, 0.1) is 0 Å². The molecule has 0 saturated heterocycles. The molecular weight excluding hydrogens is 397 g/mol. The summed E-state index contributed by atoms with van der Waals surface area (Å²) in [5.74, 6) is -0.845. The van der Waals surface area contributed by atoms with Crippen LogP contribution < -0.4 is 10.6 Å². The summed E-state index contributed by atoms with van der Waals surface area (Å²) >= 11 is 5.92. The van der Waals surface area contributed by atoms with E-state index < -0.39 is 24.6 Å². The average Bonchev–Trinajstić information content (AvgIpc) is 2.65. The van der Waals surface area contributed by atoms with Crippen molar-refractivity contribution in [2.24, 2.45) is 0 Å². The van der Waals surface area contributed by atoms with Gasteiger partial charge in [-0.1, -0.05) is 48.0 Å². The number of amides is 2. The standard InChI is InChI=1S/C19H18ClF3N2O3/c20-16-4-2-1-3-15(16)18(27)25-10-17(26)24-9-13-5-7-14(8-6-13)11-28-12-19(21,22)23/h1-8H,9-12H2,(H,24,26)(H,25,27). The Morgan fingerprint density at radius 1 is 0.964 bits per heavy atom. The van der Waals surface area contributed by atoms with Crippen LogP contribution in [0.2, 0.25) is 5.02 Å². The number of rotatable bonds is 8. The Hall–Kier alpha value is -2.58. The Labute approximate surface area is 164 Å². The van der Waals surface area contributed by atoms with E-state index in [0.29, 0.717) is 10.6 Å². The third-order valence-corrected chi connectivity index (χ3v) is 3.90. The van der Waals surface area contributed by atoms with Crippen molar-refractivity contribution in [3.05, 3.63) is 70.2 Å². The highest BCUT2D eigenvalue weighted by Crippen LogP contribution is 2.16. The second-order valence-corrected chi connectivity index (χ2v) is 6.27. The Bertz CT molecular complexity index is 811. The van der Waals surface area contributed by atoms with Crippen molar-refractivity contribution in [1.29, 1.82) is 0 Å². The number of carbonyl (C=O) groups excluding carboxylic acids is 2. The van der Waals surface area contributed by atoms with E-state index in [4.69, 9.17) is 11.6 Å². The minimum atomic E-state index is -4.36. The molecule has 0 radical (unpaired) electrons. The lowest BCUT2D eigenvalue weighted by Gasteiger charge is -2.09. The predicted molar refractivity (Wildman–Crippen MR) is 97.8 cm³/mol. The van der Waals surface area contributed by atoms with Crippen molar-refractivity contribution in [1.82, 2.24) is 10.6 Å². The number of hydrogen-bond acceptors (Lipinski definition) is 3. The maximum atomic E-state index is 12.0. The van der Waals surface area contributed by atoms with Crippen LogP contribution in [0.4, 0.5) is 13.2 Å². The van der Waals surface area contributed by atoms with Gasteiger partial charge < -0.3 is 15.4 Å². The maximum Gasteiger partial charge on any atom is 0.411 e. The number of hydrogen-bond donors (Lipinski definition) is 2. The van der Waals surface area contributed by atoms with E-state index in [9.17, 15) is 22.8 Å². The first-order valence-electron chi connectivity index (χ1n) is 8.26. The van der Waals surface area contributed by atoms with Gasteiger partial charge in [-0.3, -0.25) is 9.59 Å². The van der Waals surface area contributed by atoms with Gasteiger partial charge in [0, 0.05) is 6.54 Å². The molecule has 2 aromatic rings. The molecule has 2 rings (SSSR count). The zero-order valence-corrected chi connectivity index (χ0v) is 15.4. The lowest BCUT2D eigenvalue weighted by atomic mass is 10.1. The largest absolute Gasteiger partial charge is 0.411 e. The normalized spacial score (nSPS) is 11.1. The average molecular weight is 415 g/mol. The van der Waals surface area contributed by atoms with Crippen LogP contribution in [0.1, 0.15) is 21.5 Å². The van der Waals surface area contributed by atoms with E-state index >= 15 is 0 Å². The monoisotopic (exact) mass is 414 g/mol. The first kappa shape index (κ1) is 21.7. The summed E-state index contributed by atoms with van der Waals surface area (Å²) in [5.41, 5.74) is 1.62. The highest BCUT2D eigenvalue weighted by molar-refractivity contribution is 6.33. The summed E-state index contributed by atoms with van der Waals surface area (Å²) in [6.45, 7) is -1.46. The Balaban J connectivity index is 1.72. The highest BCUT2D eigenvalue weighted by atomic mass is 35.5. The third kappa shape index (κ3) is 7.58. The van der Waals surface area contributed by atoms with E-state index in [1.54, 1.807) is 48.5 Å². The van der Waals surface area contributed by atoms with Crippen molar-refractivity contribution < 1.29 is 27.5 Å². The summed E-state index contributed by atoms with van der Waals surface area (Å²) in [6.07, 6.45) is -4.36. The van der Waals surface area contributed by atoms with E-state index in [0.717, 1.165) is 5.56 Å². The molecule has 0 spiro atoms. The minimum Gasteiger partial charge on any atom is -0.367 e. The molecule has 2 aromatic carbocycles. The molecule has 0 fully saturated rings. The van der Waals surface area contributed by atoms with E-state index in [1.807, 2.05) is 0 Å². The number of carbonyl (C=O) groups is 2. The molecule has 0 aliphatic rings. The summed E-state index contributed by atoms with van der Waals surface area (Å²) in [4.78, 5) is 23.8. The second kappa shape index (κ2) is 10.1. The van der Waals surface area contributed by atoms with Crippen molar-refractivity contribution in [2.45, 2.75) is 19.3 Å². The van der Waals surface area contributed by atoms with E-state index in [1.165, 1.54) is 0 Å². The molecule has 0 bridgehead atoms. The molecule has 0 aromatic heterocycles. The minimum absolute atomic E-state index is 0.153. The number of alkyl halides is 3. The molecule has 28 heavy (non-hydrogen) atoms. The number of ether oxygens (including phenoxy) is 1. The maximum absolute atomic E-state index is 12.0. The molecule has 150 valence electrons. The van der Waals surface area contributed by atoms with Gasteiger partial charge in [-0.15, -0.1) is 0 Å². The molecular formula is C19H18ClF3N2O3. The Morgan fingerprint density at radius 2 is 1.61 bits per heavy atom. The lowest BCUT2D eigenvalue weighted by Crippen LogP contribution is -2.36. The van der Waals surface area contributed by atoms with Crippen molar-refractivity contribution in [3.63, 3.8) is 0 Å². The highest BCUT2D eigenvalue weighted by Gasteiger charge is 2.27. The SMILES string of the molecule is O=C(CNC(=O)c1ccccc1Cl)NCc1ccc(COCC(F)(F)F)cc1. The topological polar surface area (TPSA) is 67.4 Å². The molecule has 0 atom stereocenters. The smallest absolute Gasteiger partial charge is 0.367 e. The third-order valence-electron chi connectivity index (χ3n) is 3.58. The Morgan fingerprint density at radius 3 is 2.25 bits per heavy atom. The van der Waals surface area contributed by atoms with Gasteiger partial charge in [0.15, 0.2) is 0 Å². The summed E-state index contributed by atoms with van der Waals surface area (Å²) in [7, 11) is 0. The Kier molecular flexibility index (Phi) is 7.83. The van der Waals surface area contributed by atoms with Gasteiger partial charge in [0.1, 0.15) is 6.61 Å². The lowest BCUT2D eigenvalue weighted by molar-refractivity contribution is -0.176. The molecule has 2 amide bonds. The van der Waals surface area contributed by atoms with Gasteiger partial charge in [-0.25, -0.2) is 0 Å². The molecule has 0 saturated carbocycles. The first-order valence-corrected chi connectivity index (χ1v) is 8.64. The summed E-state index contributed by atoms with van der Waals surface area (Å²) in [6, 6.07) is 13.1. The fourth-order valence-electron chi connectivity index (χ4n) is 2.20. The van der Waals surface area contributed by atoms with Crippen LogP contribution in [-0.4, -0.2) is 31.1 Å². The summed E-state index contributed by atoms with van der Waals surface area (Å²) < 4.78 is 40.7. The first-order chi connectivity index (χ1) is 13.2. The van der Waals surface area contributed by atoms with Gasteiger partial charge in [0.25, 0.3) is 5.91 Å². The number of halogens is 4. The van der Waals surface area contributed by atoms with Crippen molar-refractivity contribution in [2.75, 3.05) is 13.2 Å². The zero-order chi connectivity index (χ0) is 20.6. The van der Waals surface area contributed by atoms with Crippen LogP contribution in [0.15, 0.2) is 48.5 Å². The molecule has 5 nitrogen and oxygen atoms in total. The van der Waals surface area contributed by atoms with Crippen molar-refractivity contribution in [3.8, 4) is 0 Å². The van der Waals surface area contributed by atoms with Gasteiger partial charge in [0.05, 0.1) is 23.7 Å². The quantitative estimate of drug-likeness (QED) is 0.695. The number of benzene rings is 2. The van der Waals surface area contributed by atoms with Crippen LogP contribution in [0.5, 0.6) is 0 Å².